The van der Waals surface area contributed by atoms with Crippen LogP contribution in [0.15, 0.2) is 6.20 Å². The van der Waals surface area contributed by atoms with E-state index in [4.69, 9.17) is 0 Å². The van der Waals surface area contributed by atoms with Crippen LogP contribution in [0, 0.1) is 12.8 Å². The minimum Gasteiger partial charge on any atom is -0.341 e. The number of nitrogens with one attached hydrogen (secondary N) is 1. The van der Waals surface area contributed by atoms with E-state index in [0.29, 0.717) is 6.04 Å². The monoisotopic (exact) mass is 234 g/mol. The van der Waals surface area contributed by atoms with Gasteiger partial charge in [-0.05, 0) is 39.7 Å². The van der Waals surface area contributed by atoms with Crippen LogP contribution in [-0.2, 0) is 6.54 Å². The molecule has 4 nitrogen and oxygen atoms in total. The molecule has 17 heavy (non-hydrogen) atoms. The molecule has 0 bridgehead atoms. The van der Waals surface area contributed by atoms with Gasteiger partial charge in [-0.3, -0.25) is 0 Å². The molecular weight excluding hydrogens is 212 g/mol. The van der Waals surface area contributed by atoms with Crippen molar-refractivity contribution in [1.29, 1.82) is 0 Å². The van der Waals surface area contributed by atoms with E-state index in [1.807, 2.05) is 20.2 Å². The summed E-state index contributed by atoms with van der Waals surface area (Å²) >= 11 is 0. The van der Waals surface area contributed by atoms with Crippen LogP contribution in [0.2, 0.25) is 0 Å². The Labute approximate surface area is 103 Å². The maximum Gasteiger partial charge on any atom is 0.225 e. The van der Waals surface area contributed by atoms with Crippen LogP contribution in [-0.4, -0.2) is 30.1 Å². The average molecular weight is 234 g/mol. The summed E-state index contributed by atoms with van der Waals surface area (Å²) in [5, 5.41) is 3.13. The second kappa shape index (κ2) is 5.00. The smallest absolute Gasteiger partial charge is 0.225 e. The molecule has 1 fully saturated rings. The van der Waals surface area contributed by atoms with Gasteiger partial charge in [0.05, 0.1) is 0 Å². The van der Waals surface area contributed by atoms with Crippen LogP contribution in [0.1, 0.15) is 31.0 Å². The number of hydrogen-bond donors (Lipinski definition) is 1. The van der Waals surface area contributed by atoms with Crippen molar-refractivity contribution < 1.29 is 0 Å². The largest absolute Gasteiger partial charge is 0.341 e. The topological polar surface area (TPSA) is 41.1 Å². The molecule has 94 valence electrons. The molecule has 1 unspecified atom stereocenters. The van der Waals surface area contributed by atoms with E-state index in [1.165, 1.54) is 18.4 Å². The normalized spacial score (nSPS) is 16.9. The highest BCUT2D eigenvalue weighted by atomic mass is 15.3. The average Bonchev–Trinajstić information content (AvgIpc) is 3.14. The molecule has 0 saturated heterocycles. The molecule has 0 aromatic carbocycles. The van der Waals surface area contributed by atoms with Gasteiger partial charge in [0.25, 0.3) is 0 Å². The molecule has 1 aromatic heterocycles. The third-order valence-corrected chi connectivity index (χ3v) is 3.67. The van der Waals surface area contributed by atoms with Crippen LogP contribution in [0.5, 0.6) is 0 Å². The maximum absolute atomic E-state index is 4.60. The zero-order valence-corrected chi connectivity index (χ0v) is 11.2. The van der Waals surface area contributed by atoms with Crippen molar-refractivity contribution in [1.82, 2.24) is 15.3 Å². The molecule has 0 aliphatic heterocycles. The van der Waals surface area contributed by atoms with Crippen molar-refractivity contribution in [3.63, 3.8) is 0 Å². The van der Waals surface area contributed by atoms with Gasteiger partial charge in [0.15, 0.2) is 0 Å². The number of hydrogen-bond acceptors (Lipinski definition) is 4. The Morgan fingerprint density at radius 2 is 2.24 bits per heavy atom. The third kappa shape index (κ3) is 2.75. The Morgan fingerprint density at radius 1 is 1.53 bits per heavy atom. The van der Waals surface area contributed by atoms with Crippen LogP contribution < -0.4 is 10.2 Å². The fourth-order valence-electron chi connectivity index (χ4n) is 2.09. The van der Waals surface area contributed by atoms with Crippen molar-refractivity contribution in [3.8, 4) is 0 Å². The fraction of sp³-hybridized carbons (Fsp3) is 0.692. The van der Waals surface area contributed by atoms with Crippen LogP contribution in [0.25, 0.3) is 0 Å². The van der Waals surface area contributed by atoms with Gasteiger partial charge in [0.2, 0.25) is 5.95 Å². The summed E-state index contributed by atoms with van der Waals surface area (Å²) in [7, 11) is 4.03. The van der Waals surface area contributed by atoms with Gasteiger partial charge in [0.1, 0.15) is 0 Å². The van der Waals surface area contributed by atoms with E-state index in [2.05, 4.69) is 34.2 Å². The predicted octanol–water partition coefficient (Wildman–Crippen LogP) is 1.74. The summed E-state index contributed by atoms with van der Waals surface area (Å²) in [6, 6.07) is 0.546. The lowest BCUT2D eigenvalue weighted by molar-refractivity contribution is 0.596. The molecule has 4 heteroatoms. The van der Waals surface area contributed by atoms with E-state index in [0.717, 1.165) is 24.1 Å². The third-order valence-electron chi connectivity index (χ3n) is 3.67. The van der Waals surface area contributed by atoms with Crippen molar-refractivity contribution >= 4 is 5.95 Å². The molecule has 0 radical (unpaired) electrons. The first-order valence-electron chi connectivity index (χ1n) is 6.33. The van der Waals surface area contributed by atoms with E-state index >= 15 is 0 Å². The zero-order chi connectivity index (χ0) is 12.4. The first-order valence-corrected chi connectivity index (χ1v) is 6.33. The van der Waals surface area contributed by atoms with E-state index in [-0.39, 0.29) is 0 Å². The first-order chi connectivity index (χ1) is 8.13. The van der Waals surface area contributed by atoms with Gasteiger partial charge in [-0.15, -0.1) is 0 Å². The molecule has 0 spiro atoms. The van der Waals surface area contributed by atoms with E-state index < -0.39 is 0 Å². The molecule has 0 amide bonds. The highest BCUT2D eigenvalue weighted by Crippen LogP contribution is 2.35. The summed E-state index contributed by atoms with van der Waals surface area (Å²) in [5.74, 6) is 1.68. The summed E-state index contributed by atoms with van der Waals surface area (Å²) in [6.07, 6.45) is 4.63. The van der Waals surface area contributed by atoms with Crippen molar-refractivity contribution in [3.05, 3.63) is 17.5 Å². The van der Waals surface area contributed by atoms with Crippen molar-refractivity contribution in [2.75, 3.05) is 19.0 Å². The number of aryl methyl sites for hydroxylation is 1. The Balaban J connectivity index is 2.12. The SMILES string of the molecule is CNCc1cnc(N(C)C(C)C2CC2)nc1C. The van der Waals surface area contributed by atoms with Gasteiger partial charge >= 0.3 is 0 Å². The summed E-state index contributed by atoms with van der Waals surface area (Å²) in [4.78, 5) is 11.3. The first kappa shape index (κ1) is 12.3. The van der Waals surface area contributed by atoms with E-state index in [9.17, 15) is 0 Å². The lowest BCUT2D eigenvalue weighted by atomic mass is 10.2. The van der Waals surface area contributed by atoms with Gasteiger partial charge in [-0.2, -0.15) is 0 Å². The Kier molecular flexibility index (Phi) is 3.62. The Morgan fingerprint density at radius 3 is 2.76 bits per heavy atom. The molecule has 1 heterocycles. The number of nitrogens with zero attached hydrogens (tertiary/aromatic N) is 3. The van der Waals surface area contributed by atoms with Crippen molar-refractivity contribution in [2.45, 2.75) is 39.3 Å². The molecule has 1 saturated carbocycles. The van der Waals surface area contributed by atoms with Crippen LogP contribution in [0.3, 0.4) is 0 Å². The molecule has 1 aliphatic rings. The summed E-state index contributed by atoms with van der Waals surface area (Å²) in [6.45, 7) is 5.14. The van der Waals surface area contributed by atoms with Crippen LogP contribution >= 0.6 is 0 Å². The lowest BCUT2D eigenvalue weighted by Crippen LogP contribution is -2.32. The van der Waals surface area contributed by atoms with Gasteiger partial charge < -0.3 is 10.2 Å². The number of aromatic nitrogens is 2. The highest BCUT2D eigenvalue weighted by Gasteiger charge is 2.31. The van der Waals surface area contributed by atoms with Crippen molar-refractivity contribution in [2.24, 2.45) is 5.92 Å². The molecule has 1 atom stereocenters. The second-order valence-electron chi connectivity index (χ2n) is 5.00. The Hall–Kier alpha value is -1.16. The standard InChI is InChI=1S/C13H22N4/c1-9-12(7-14-3)8-15-13(16-9)17(4)10(2)11-5-6-11/h8,10-11,14H,5-7H2,1-4H3. The molecule has 1 N–H and O–H groups in total. The number of anilines is 1. The van der Waals surface area contributed by atoms with Gasteiger partial charge in [0, 0.05) is 37.1 Å². The minimum atomic E-state index is 0.546. The van der Waals surface area contributed by atoms with Gasteiger partial charge in [-0.25, -0.2) is 9.97 Å². The predicted molar refractivity (Wildman–Crippen MR) is 70.1 cm³/mol. The molecule has 1 aromatic rings. The summed E-state index contributed by atoms with van der Waals surface area (Å²) < 4.78 is 0. The molecule has 1 aliphatic carbocycles. The highest BCUT2D eigenvalue weighted by molar-refractivity contribution is 5.33. The maximum atomic E-state index is 4.60. The second-order valence-corrected chi connectivity index (χ2v) is 5.00. The Bertz CT molecular complexity index is 387. The zero-order valence-electron chi connectivity index (χ0n) is 11.2. The quantitative estimate of drug-likeness (QED) is 0.842. The molecule has 2 rings (SSSR count). The van der Waals surface area contributed by atoms with Crippen LogP contribution in [0.4, 0.5) is 5.95 Å². The molecular formula is C13H22N4. The summed E-state index contributed by atoms with van der Waals surface area (Å²) in [5.41, 5.74) is 2.24. The van der Waals surface area contributed by atoms with Gasteiger partial charge in [-0.1, -0.05) is 0 Å². The fourth-order valence-corrected chi connectivity index (χ4v) is 2.09. The lowest BCUT2D eigenvalue weighted by Gasteiger charge is -2.25. The van der Waals surface area contributed by atoms with E-state index in [1.54, 1.807) is 0 Å². The minimum absolute atomic E-state index is 0.546. The number of rotatable bonds is 5.